The van der Waals surface area contributed by atoms with Crippen LogP contribution in [0.3, 0.4) is 0 Å². The predicted octanol–water partition coefficient (Wildman–Crippen LogP) is 16.5. The molecule has 0 aliphatic carbocycles. The molecule has 0 bridgehead atoms. The van der Waals surface area contributed by atoms with Crippen molar-refractivity contribution in [1.29, 1.82) is 0 Å². The van der Waals surface area contributed by atoms with Crippen LogP contribution in [-0.4, -0.2) is 14.5 Å². The number of hydrogen-bond acceptors (Lipinski definition) is 3. The Balaban J connectivity index is 1.22. The van der Waals surface area contributed by atoms with Crippen LogP contribution in [0.4, 0.5) is 17.1 Å². The van der Waals surface area contributed by atoms with Crippen LogP contribution in [0.5, 0.6) is 0 Å². The van der Waals surface area contributed by atoms with Crippen molar-refractivity contribution in [1.82, 2.24) is 14.5 Å². The number of hydrogen-bond donors (Lipinski definition) is 0. The summed E-state index contributed by atoms with van der Waals surface area (Å²) in [6, 6.07) is 82.5. The van der Waals surface area contributed by atoms with Crippen LogP contribution in [-0.2, 0) is 0 Å². The first kappa shape index (κ1) is 40.2. The predicted molar refractivity (Wildman–Crippen MR) is 276 cm³/mol. The Morgan fingerprint density at radius 2 is 0.985 bits per heavy atom. The minimum Gasteiger partial charge on any atom is -0.310 e. The van der Waals surface area contributed by atoms with Gasteiger partial charge in [-0.15, -0.1) is 0 Å². The summed E-state index contributed by atoms with van der Waals surface area (Å²) < 4.78 is 2.36. The molecular formula is C62H46N4. The Kier molecular flexibility index (Phi) is 10.7. The van der Waals surface area contributed by atoms with Crippen molar-refractivity contribution in [3.05, 3.63) is 254 Å². The molecule has 0 unspecified atom stereocenters. The second-order valence-electron chi connectivity index (χ2n) is 16.8. The van der Waals surface area contributed by atoms with Crippen LogP contribution in [0.2, 0.25) is 0 Å². The van der Waals surface area contributed by atoms with Gasteiger partial charge in [0.15, 0.2) is 0 Å². The van der Waals surface area contributed by atoms with E-state index in [0.717, 1.165) is 106 Å². The molecule has 314 valence electrons. The minimum atomic E-state index is 0.863. The van der Waals surface area contributed by atoms with Gasteiger partial charge in [-0.1, -0.05) is 176 Å². The molecule has 0 aliphatic heterocycles. The molecule has 0 saturated heterocycles. The molecule has 0 aliphatic rings. The van der Waals surface area contributed by atoms with Crippen molar-refractivity contribution in [2.45, 2.75) is 13.8 Å². The van der Waals surface area contributed by atoms with E-state index in [0.29, 0.717) is 0 Å². The van der Waals surface area contributed by atoms with Gasteiger partial charge >= 0.3 is 0 Å². The molecule has 0 saturated carbocycles. The Morgan fingerprint density at radius 1 is 0.409 bits per heavy atom. The first-order chi connectivity index (χ1) is 32.6. The Labute approximate surface area is 386 Å². The molecule has 8 aromatic carbocycles. The lowest BCUT2D eigenvalue weighted by molar-refractivity contribution is 1.04. The van der Waals surface area contributed by atoms with Gasteiger partial charge in [0.25, 0.3) is 0 Å². The number of aromatic nitrogens is 3. The van der Waals surface area contributed by atoms with Gasteiger partial charge < -0.3 is 4.90 Å². The molecule has 4 heteroatoms. The third-order valence-corrected chi connectivity index (χ3v) is 12.4. The van der Waals surface area contributed by atoms with Crippen molar-refractivity contribution in [2.24, 2.45) is 0 Å². The van der Waals surface area contributed by atoms with Gasteiger partial charge in [-0.2, -0.15) is 0 Å². The zero-order chi connectivity index (χ0) is 44.4. The normalized spacial score (nSPS) is 11.2. The van der Waals surface area contributed by atoms with Gasteiger partial charge in [0.2, 0.25) is 0 Å². The average molecular weight is 847 g/mol. The zero-order valence-corrected chi connectivity index (χ0v) is 36.9. The first-order valence-corrected chi connectivity index (χ1v) is 22.5. The second kappa shape index (κ2) is 17.5. The molecule has 0 atom stereocenters. The van der Waals surface area contributed by atoms with E-state index in [-0.39, 0.29) is 0 Å². The highest BCUT2D eigenvalue weighted by Crippen LogP contribution is 2.48. The fourth-order valence-corrected chi connectivity index (χ4v) is 9.32. The van der Waals surface area contributed by atoms with E-state index in [1.165, 1.54) is 5.56 Å². The molecule has 3 heterocycles. The maximum Gasteiger partial charge on any atom is 0.137 e. The highest BCUT2D eigenvalue weighted by Gasteiger charge is 2.25. The zero-order valence-electron chi connectivity index (χ0n) is 36.9. The smallest absolute Gasteiger partial charge is 0.137 e. The molecular weight excluding hydrogens is 801 g/mol. The van der Waals surface area contributed by atoms with Gasteiger partial charge in [0.1, 0.15) is 5.82 Å². The summed E-state index contributed by atoms with van der Waals surface area (Å²) in [4.78, 5) is 12.6. The number of anilines is 3. The van der Waals surface area contributed by atoms with Gasteiger partial charge in [0, 0.05) is 45.8 Å². The standard InChI is InChI=1S/C62H46N4/c1-43-34-35-63-60(36-43)66-59-40-52(32-33-55(59)61(48-26-14-6-15-27-48)62(66)49-28-16-7-17-29-49)65(58-31-19-18-30-54(58)46-22-10-4-11-23-46)53-38-50(45-20-8-3-9-21-45)37-51(39-53)57-41-56(44(2)42-64-57)47-24-12-5-13-25-47/h3-42H,1-2H3. The van der Waals surface area contributed by atoms with E-state index in [4.69, 9.17) is 9.97 Å². The first-order valence-electron chi connectivity index (χ1n) is 22.5. The van der Waals surface area contributed by atoms with Crippen LogP contribution in [0, 0.1) is 13.8 Å². The van der Waals surface area contributed by atoms with Crippen LogP contribution < -0.4 is 4.90 Å². The van der Waals surface area contributed by atoms with Gasteiger partial charge in [-0.25, -0.2) is 4.98 Å². The molecule has 4 nitrogen and oxygen atoms in total. The summed E-state index contributed by atoms with van der Waals surface area (Å²) in [5, 5.41) is 1.14. The van der Waals surface area contributed by atoms with E-state index < -0.39 is 0 Å². The molecule has 0 spiro atoms. The third-order valence-electron chi connectivity index (χ3n) is 12.4. The summed E-state index contributed by atoms with van der Waals surface area (Å²) in [6.45, 7) is 4.27. The molecule has 0 fully saturated rings. The number of fused-ring (bicyclic) bond motifs is 1. The van der Waals surface area contributed by atoms with Crippen molar-refractivity contribution in [2.75, 3.05) is 4.90 Å². The SMILES string of the molecule is Cc1ccnc(-n2c(-c3ccccc3)c(-c3ccccc3)c3ccc(N(c4cc(-c5ccccc5)cc(-c5cc(-c6ccccc6)c(C)cn5)c4)c4ccccc4-c4ccccc4)cc32)c1. The molecule has 0 radical (unpaired) electrons. The summed E-state index contributed by atoms with van der Waals surface area (Å²) in [6.07, 6.45) is 3.92. The molecule has 11 rings (SSSR count). The summed E-state index contributed by atoms with van der Waals surface area (Å²) in [5.41, 5.74) is 19.7. The Hall–Kier alpha value is -8.60. The van der Waals surface area contributed by atoms with Gasteiger partial charge in [-0.3, -0.25) is 9.55 Å². The summed E-state index contributed by atoms with van der Waals surface area (Å²) >= 11 is 0. The second-order valence-corrected chi connectivity index (χ2v) is 16.8. The van der Waals surface area contributed by atoms with Crippen molar-refractivity contribution >= 4 is 28.0 Å². The fraction of sp³-hybridized carbons (Fsp3) is 0.0323. The van der Waals surface area contributed by atoms with Gasteiger partial charge in [-0.05, 0) is 119 Å². The maximum absolute atomic E-state index is 5.11. The molecule has 3 aromatic heterocycles. The fourth-order valence-electron chi connectivity index (χ4n) is 9.32. The minimum absolute atomic E-state index is 0.863. The van der Waals surface area contributed by atoms with E-state index in [9.17, 15) is 0 Å². The van der Waals surface area contributed by atoms with E-state index in [1.807, 2.05) is 12.4 Å². The third kappa shape index (κ3) is 7.65. The highest BCUT2D eigenvalue weighted by molar-refractivity contribution is 6.07. The number of benzene rings is 8. The Morgan fingerprint density at radius 3 is 1.65 bits per heavy atom. The van der Waals surface area contributed by atoms with E-state index in [2.05, 4.69) is 254 Å². The monoisotopic (exact) mass is 846 g/mol. The van der Waals surface area contributed by atoms with Crippen molar-refractivity contribution in [3.8, 4) is 72.8 Å². The van der Waals surface area contributed by atoms with Crippen LogP contribution in [0.1, 0.15) is 11.1 Å². The lowest BCUT2D eigenvalue weighted by Gasteiger charge is -2.29. The van der Waals surface area contributed by atoms with E-state index in [1.54, 1.807) is 0 Å². The molecule has 0 N–H and O–H groups in total. The number of aryl methyl sites for hydroxylation is 2. The largest absolute Gasteiger partial charge is 0.310 e. The number of rotatable bonds is 10. The van der Waals surface area contributed by atoms with Crippen molar-refractivity contribution < 1.29 is 0 Å². The summed E-state index contributed by atoms with van der Waals surface area (Å²) in [7, 11) is 0. The number of nitrogens with zero attached hydrogens (tertiary/aromatic N) is 4. The Bertz CT molecular complexity index is 3470. The molecule has 0 amide bonds. The highest BCUT2D eigenvalue weighted by atomic mass is 15.2. The quantitative estimate of drug-likeness (QED) is 0.137. The lowest BCUT2D eigenvalue weighted by atomic mass is 9.95. The van der Waals surface area contributed by atoms with E-state index >= 15 is 0 Å². The topological polar surface area (TPSA) is 34.0 Å². The summed E-state index contributed by atoms with van der Waals surface area (Å²) in [5.74, 6) is 0.863. The molecule has 66 heavy (non-hydrogen) atoms. The van der Waals surface area contributed by atoms with Gasteiger partial charge in [0.05, 0.1) is 22.6 Å². The number of para-hydroxylation sites is 1. The van der Waals surface area contributed by atoms with Crippen molar-refractivity contribution in [3.63, 3.8) is 0 Å². The molecule has 11 aromatic rings. The van der Waals surface area contributed by atoms with Crippen LogP contribution in [0.15, 0.2) is 243 Å². The average Bonchev–Trinajstić information content (AvgIpc) is 3.73. The van der Waals surface area contributed by atoms with Crippen LogP contribution >= 0.6 is 0 Å². The maximum atomic E-state index is 5.11. The number of pyridine rings is 2. The van der Waals surface area contributed by atoms with Crippen LogP contribution in [0.25, 0.3) is 83.7 Å². The lowest BCUT2D eigenvalue weighted by Crippen LogP contribution is -2.12.